The molecule has 0 spiro atoms. The molecule has 2 aromatic carbocycles. The third kappa shape index (κ3) is 4.39. The Morgan fingerprint density at radius 1 is 0.882 bits per heavy atom. The molecule has 2 amide bonds. The van der Waals surface area contributed by atoms with Crippen molar-refractivity contribution in [2.75, 3.05) is 11.4 Å². The number of para-hydroxylation sites is 1. The highest BCUT2D eigenvalue weighted by molar-refractivity contribution is 6.01. The molecule has 1 aliphatic heterocycles. The van der Waals surface area contributed by atoms with Gasteiger partial charge in [-0.15, -0.1) is 0 Å². The van der Waals surface area contributed by atoms with E-state index < -0.39 is 24.6 Å². The number of amides is 2. The van der Waals surface area contributed by atoms with Gasteiger partial charge in [0.1, 0.15) is 18.7 Å². The van der Waals surface area contributed by atoms with Crippen LogP contribution in [0.2, 0.25) is 0 Å². The van der Waals surface area contributed by atoms with Gasteiger partial charge in [-0.25, -0.2) is 4.79 Å². The van der Waals surface area contributed by atoms with E-state index in [4.69, 9.17) is 4.74 Å². The van der Waals surface area contributed by atoms with Crippen LogP contribution >= 0.6 is 0 Å². The lowest BCUT2D eigenvalue weighted by atomic mass is 9.98. The van der Waals surface area contributed by atoms with Gasteiger partial charge in [-0.3, -0.25) is 14.5 Å². The molecule has 5 rings (SSSR count). The first kappa shape index (κ1) is 22.4. The number of hydrogen-bond donors (Lipinski definition) is 1. The van der Waals surface area contributed by atoms with Crippen molar-refractivity contribution < 1.29 is 24.2 Å². The number of carboxylic acids is 1. The first-order valence-corrected chi connectivity index (χ1v) is 12.2. The van der Waals surface area contributed by atoms with E-state index in [0.717, 1.165) is 48.8 Å². The zero-order valence-electron chi connectivity index (χ0n) is 19.2. The van der Waals surface area contributed by atoms with E-state index in [0.29, 0.717) is 24.9 Å². The van der Waals surface area contributed by atoms with E-state index in [2.05, 4.69) is 0 Å². The summed E-state index contributed by atoms with van der Waals surface area (Å²) in [6.07, 6.45) is 5.82. The van der Waals surface area contributed by atoms with Crippen LogP contribution in [0.25, 0.3) is 0 Å². The molecule has 34 heavy (non-hydrogen) atoms. The number of carbonyl (C=O) groups is 3. The largest absolute Gasteiger partial charge is 0.480 e. The summed E-state index contributed by atoms with van der Waals surface area (Å²) >= 11 is 0. The third-order valence-corrected chi connectivity index (χ3v) is 7.34. The molecular formula is C27H30N2O5. The summed E-state index contributed by atoms with van der Waals surface area (Å²) in [6, 6.07) is 14.4. The molecule has 0 bridgehead atoms. The van der Waals surface area contributed by atoms with Crippen LogP contribution in [0.1, 0.15) is 48.8 Å². The van der Waals surface area contributed by atoms with Gasteiger partial charge in [-0.2, -0.15) is 0 Å². The number of rotatable bonds is 5. The Morgan fingerprint density at radius 3 is 2.15 bits per heavy atom. The molecule has 0 aromatic heterocycles. The molecule has 7 nitrogen and oxygen atoms in total. The summed E-state index contributed by atoms with van der Waals surface area (Å²) in [4.78, 5) is 41.9. The van der Waals surface area contributed by atoms with Gasteiger partial charge in [-0.1, -0.05) is 48.9 Å². The molecule has 178 valence electrons. The summed E-state index contributed by atoms with van der Waals surface area (Å²) in [5.41, 5.74) is 3.84. The summed E-state index contributed by atoms with van der Waals surface area (Å²) in [6.45, 7) is -0.393. The van der Waals surface area contributed by atoms with Crippen molar-refractivity contribution in [3.05, 3.63) is 65.2 Å². The van der Waals surface area contributed by atoms with Crippen LogP contribution in [-0.4, -0.2) is 52.7 Å². The first-order valence-electron chi connectivity index (χ1n) is 12.2. The van der Waals surface area contributed by atoms with Gasteiger partial charge in [0.05, 0.1) is 5.69 Å². The predicted octanol–water partition coefficient (Wildman–Crippen LogP) is 3.97. The number of benzene rings is 2. The summed E-state index contributed by atoms with van der Waals surface area (Å²) in [5.74, 6) is -1.40. The smallest absolute Gasteiger partial charge is 0.415 e. The maximum atomic E-state index is 13.9. The summed E-state index contributed by atoms with van der Waals surface area (Å²) < 4.78 is 5.85. The maximum Gasteiger partial charge on any atom is 0.415 e. The predicted molar refractivity (Wildman–Crippen MR) is 127 cm³/mol. The van der Waals surface area contributed by atoms with E-state index in [9.17, 15) is 19.5 Å². The number of carboxylic acid groups (broad SMARTS) is 1. The Hall–Kier alpha value is -3.35. The van der Waals surface area contributed by atoms with Gasteiger partial charge in [0.15, 0.2) is 0 Å². The average Bonchev–Trinajstić information content (AvgIpc) is 3.44. The number of fused-ring (bicyclic) bond motifs is 2. The van der Waals surface area contributed by atoms with Crippen LogP contribution in [0.3, 0.4) is 0 Å². The fraction of sp³-hybridized carbons (Fsp3) is 0.444. The number of anilines is 1. The normalized spacial score (nSPS) is 20.0. The SMILES string of the molecule is O=C(O)CN(C(=O)[C@H]1Cc2ccccc2N1C(=O)OC1CCCCC1)C1Cc2ccccc2C1. The van der Waals surface area contributed by atoms with Gasteiger partial charge < -0.3 is 14.7 Å². The molecular weight excluding hydrogens is 432 g/mol. The minimum Gasteiger partial charge on any atom is -0.480 e. The van der Waals surface area contributed by atoms with Crippen molar-refractivity contribution in [2.24, 2.45) is 0 Å². The molecule has 1 heterocycles. The van der Waals surface area contributed by atoms with E-state index in [-0.39, 0.29) is 18.1 Å². The van der Waals surface area contributed by atoms with Crippen LogP contribution < -0.4 is 4.90 Å². The van der Waals surface area contributed by atoms with Crippen LogP contribution in [0.4, 0.5) is 10.5 Å². The molecule has 0 radical (unpaired) electrons. The monoisotopic (exact) mass is 462 g/mol. The van der Waals surface area contributed by atoms with E-state index in [1.807, 2.05) is 48.5 Å². The number of aliphatic carboxylic acids is 1. The van der Waals surface area contributed by atoms with Crippen molar-refractivity contribution in [3.8, 4) is 0 Å². The second-order valence-electron chi connectivity index (χ2n) is 9.55. The molecule has 2 aromatic rings. The zero-order chi connectivity index (χ0) is 23.7. The lowest BCUT2D eigenvalue weighted by molar-refractivity contribution is -0.146. The average molecular weight is 463 g/mol. The molecule has 0 unspecified atom stereocenters. The van der Waals surface area contributed by atoms with Gasteiger partial charge in [-0.05, 0) is 61.3 Å². The molecule has 1 fully saturated rings. The highest BCUT2D eigenvalue weighted by Gasteiger charge is 2.44. The van der Waals surface area contributed by atoms with E-state index in [1.165, 1.54) is 9.80 Å². The number of hydrogen-bond acceptors (Lipinski definition) is 4. The second kappa shape index (κ2) is 9.49. The topological polar surface area (TPSA) is 87.2 Å². The van der Waals surface area contributed by atoms with Crippen molar-refractivity contribution in [1.82, 2.24) is 4.90 Å². The molecule has 7 heteroatoms. The molecule has 1 saturated carbocycles. The highest BCUT2D eigenvalue weighted by Crippen LogP contribution is 2.35. The first-order chi connectivity index (χ1) is 16.5. The summed E-state index contributed by atoms with van der Waals surface area (Å²) in [7, 11) is 0. The Kier molecular flexibility index (Phi) is 6.26. The Bertz CT molecular complexity index is 1070. The second-order valence-corrected chi connectivity index (χ2v) is 9.55. The molecule has 1 atom stereocenters. The van der Waals surface area contributed by atoms with Gasteiger partial charge >= 0.3 is 12.1 Å². The third-order valence-electron chi connectivity index (χ3n) is 7.34. The van der Waals surface area contributed by atoms with Crippen LogP contribution in [0, 0.1) is 0 Å². The van der Waals surface area contributed by atoms with Crippen LogP contribution in [0.15, 0.2) is 48.5 Å². The van der Waals surface area contributed by atoms with Crippen LogP contribution in [-0.2, 0) is 33.6 Å². The standard InChI is InChI=1S/C27H30N2O5/c30-25(31)17-28(21-14-18-8-4-5-9-19(18)15-21)26(32)24-16-20-10-6-7-13-23(20)29(24)27(33)34-22-11-2-1-3-12-22/h4-10,13,21-22,24H,1-3,11-12,14-17H2,(H,30,31)/t24-/m1/s1. The Morgan fingerprint density at radius 2 is 1.50 bits per heavy atom. The fourth-order valence-electron chi connectivity index (χ4n) is 5.67. The van der Waals surface area contributed by atoms with Crippen LogP contribution in [0.5, 0.6) is 0 Å². The number of nitrogens with zero attached hydrogens (tertiary/aromatic N) is 2. The molecule has 2 aliphatic carbocycles. The molecule has 1 N–H and O–H groups in total. The Labute approximate surface area is 199 Å². The minimum atomic E-state index is -1.06. The maximum absolute atomic E-state index is 13.9. The van der Waals surface area contributed by atoms with Crippen molar-refractivity contribution in [1.29, 1.82) is 0 Å². The fourth-order valence-corrected chi connectivity index (χ4v) is 5.67. The lowest BCUT2D eigenvalue weighted by Crippen LogP contribution is -2.54. The van der Waals surface area contributed by atoms with Crippen molar-refractivity contribution in [3.63, 3.8) is 0 Å². The Balaban J connectivity index is 1.41. The quantitative estimate of drug-likeness (QED) is 0.727. The lowest BCUT2D eigenvalue weighted by Gasteiger charge is -2.34. The minimum absolute atomic E-state index is 0.135. The molecule has 3 aliphatic rings. The van der Waals surface area contributed by atoms with Gasteiger partial charge in [0.2, 0.25) is 5.91 Å². The molecule has 0 saturated heterocycles. The van der Waals surface area contributed by atoms with Crippen molar-refractivity contribution >= 4 is 23.7 Å². The zero-order valence-corrected chi connectivity index (χ0v) is 19.2. The highest BCUT2D eigenvalue weighted by atomic mass is 16.6. The van der Waals surface area contributed by atoms with Gasteiger partial charge in [0, 0.05) is 12.5 Å². The van der Waals surface area contributed by atoms with Crippen molar-refractivity contribution in [2.45, 2.75) is 69.6 Å². The number of ether oxygens (including phenoxy) is 1. The summed E-state index contributed by atoms with van der Waals surface area (Å²) in [5, 5.41) is 9.62. The van der Waals surface area contributed by atoms with E-state index in [1.54, 1.807) is 0 Å². The number of carbonyl (C=O) groups excluding carboxylic acids is 2. The van der Waals surface area contributed by atoms with E-state index >= 15 is 0 Å². The van der Waals surface area contributed by atoms with Gasteiger partial charge in [0.25, 0.3) is 0 Å².